The van der Waals surface area contributed by atoms with Crippen molar-refractivity contribution in [3.05, 3.63) is 48.5 Å². The minimum atomic E-state index is -0.547. The molecule has 0 aliphatic heterocycles. The molecule has 3 amide bonds. The lowest BCUT2D eigenvalue weighted by atomic mass is 10.3. The Bertz CT molecular complexity index is 740. The van der Waals surface area contributed by atoms with Crippen LogP contribution in [0.15, 0.2) is 42.7 Å². The highest BCUT2D eigenvalue weighted by molar-refractivity contribution is 5.99. The molecule has 0 radical (unpaired) electrons. The van der Waals surface area contributed by atoms with Crippen molar-refractivity contribution < 1.29 is 18.7 Å². The fraction of sp³-hybridized carbons (Fsp3) is 0.235. The van der Waals surface area contributed by atoms with Crippen LogP contribution in [0.3, 0.4) is 0 Å². The van der Waals surface area contributed by atoms with Crippen LogP contribution in [0.4, 0.5) is 20.6 Å². The second-order valence-corrected chi connectivity index (χ2v) is 5.29. The van der Waals surface area contributed by atoms with Gasteiger partial charge in [-0.2, -0.15) is 0 Å². The van der Waals surface area contributed by atoms with E-state index < -0.39 is 11.8 Å². The zero-order chi connectivity index (χ0) is 18.2. The molecule has 8 heteroatoms. The number of aromatic nitrogens is 1. The van der Waals surface area contributed by atoms with Crippen molar-refractivity contribution in [3.63, 3.8) is 0 Å². The van der Waals surface area contributed by atoms with Crippen LogP contribution in [0, 0.1) is 5.82 Å². The number of ether oxygens (including phenoxy) is 1. The van der Waals surface area contributed by atoms with Crippen molar-refractivity contribution in [2.45, 2.75) is 6.92 Å². The fourth-order valence-electron chi connectivity index (χ4n) is 1.91. The van der Waals surface area contributed by atoms with Gasteiger partial charge in [0.05, 0.1) is 18.4 Å². The van der Waals surface area contributed by atoms with E-state index >= 15 is 0 Å². The summed E-state index contributed by atoms with van der Waals surface area (Å²) in [6, 6.07) is 6.72. The molecule has 2 aromatic rings. The van der Waals surface area contributed by atoms with E-state index in [9.17, 15) is 14.0 Å². The molecule has 1 aromatic heterocycles. The van der Waals surface area contributed by atoms with Gasteiger partial charge in [0.2, 0.25) is 5.91 Å². The number of nitrogens with zero attached hydrogens (tertiary/aromatic N) is 2. The molecule has 0 unspecified atom stereocenters. The number of likely N-dealkylation sites (N-methyl/N-ethyl adjacent to an activating group) is 1. The van der Waals surface area contributed by atoms with E-state index in [1.807, 2.05) is 0 Å². The van der Waals surface area contributed by atoms with Crippen LogP contribution in [0.5, 0.6) is 5.75 Å². The van der Waals surface area contributed by atoms with Gasteiger partial charge >= 0.3 is 6.03 Å². The van der Waals surface area contributed by atoms with Crippen molar-refractivity contribution in [1.29, 1.82) is 0 Å². The van der Waals surface area contributed by atoms with Gasteiger partial charge < -0.3 is 20.3 Å². The minimum Gasteiger partial charge on any atom is -0.492 e. The van der Waals surface area contributed by atoms with Crippen LogP contribution in [0.25, 0.3) is 0 Å². The van der Waals surface area contributed by atoms with Crippen LogP contribution in [0.2, 0.25) is 0 Å². The summed E-state index contributed by atoms with van der Waals surface area (Å²) >= 11 is 0. The summed E-state index contributed by atoms with van der Waals surface area (Å²) in [7, 11) is 1.65. The van der Waals surface area contributed by atoms with E-state index in [0.29, 0.717) is 12.2 Å². The molecule has 2 rings (SSSR count). The van der Waals surface area contributed by atoms with Gasteiger partial charge in [-0.15, -0.1) is 0 Å². The molecule has 7 nitrogen and oxygen atoms in total. The third kappa shape index (κ3) is 6.09. The number of nitrogens with one attached hydrogen (secondary N) is 2. The van der Waals surface area contributed by atoms with Gasteiger partial charge in [-0.1, -0.05) is 0 Å². The largest absolute Gasteiger partial charge is 0.492 e. The van der Waals surface area contributed by atoms with Crippen LogP contribution < -0.4 is 15.4 Å². The van der Waals surface area contributed by atoms with Crippen molar-refractivity contribution in [1.82, 2.24) is 9.88 Å². The van der Waals surface area contributed by atoms with Gasteiger partial charge in [-0.05, 0) is 18.2 Å². The van der Waals surface area contributed by atoms with Crippen molar-refractivity contribution in [2.75, 3.05) is 30.8 Å². The third-order valence-electron chi connectivity index (χ3n) is 3.28. The maximum atomic E-state index is 13.7. The Hall–Kier alpha value is -3.16. The summed E-state index contributed by atoms with van der Waals surface area (Å²) in [4.78, 5) is 28.4. The monoisotopic (exact) mass is 346 g/mol. The number of urea groups is 1. The van der Waals surface area contributed by atoms with Gasteiger partial charge in [0.25, 0.3) is 0 Å². The first-order valence-corrected chi connectivity index (χ1v) is 7.57. The van der Waals surface area contributed by atoms with Crippen LogP contribution >= 0.6 is 0 Å². The van der Waals surface area contributed by atoms with Crippen LogP contribution in [0.1, 0.15) is 6.92 Å². The van der Waals surface area contributed by atoms with Crippen molar-refractivity contribution >= 4 is 23.3 Å². The highest BCUT2D eigenvalue weighted by Crippen LogP contribution is 2.20. The molecule has 0 spiro atoms. The Kier molecular flexibility index (Phi) is 6.27. The highest BCUT2D eigenvalue weighted by atomic mass is 19.1. The predicted octanol–water partition coefficient (Wildman–Crippen LogP) is 2.72. The molecule has 0 aliphatic rings. The number of hydrogen-bond acceptors (Lipinski definition) is 4. The highest BCUT2D eigenvalue weighted by Gasteiger charge is 2.07. The molecular formula is C17H19FN4O3. The number of carbonyl (C=O) groups is 2. The molecule has 2 N–H and O–H groups in total. The quantitative estimate of drug-likeness (QED) is 0.842. The molecule has 25 heavy (non-hydrogen) atoms. The summed E-state index contributed by atoms with van der Waals surface area (Å²) in [5.41, 5.74) is 0.761. The third-order valence-corrected chi connectivity index (χ3v) is 3.28. The first-order valence-electron chi connectivity index (χ1n) is 7.57. The zero-order valence-electron chi connectivity index (χ0n) is 14.0. The maximum absolute atomic E-state index is 13.7. The van der Waals surface area contributed by atoms with Gasteiger partial charge in [-0.3, -0.25) is 9.78 Å². The summed E-state index contributed by atoms with van der Waals surface area (Å²) in [6.07, 6.45) is 3.08. The zero-order valence-corrected chi connectivity index (χ0v) is 14.0. The molecule has 0 saturated heterocycles. The van der Waals surface area contributed by atoms with Gasteiger partial charge in [0.15, 0.2) is 0 Å². The maximum Gasteiger partial charge on any atom is 0.323 e. The van der Waals surface area contributed by atoms with E-state index in [-0.39, 0.29) is 24.0 Å². The molecule has 0 fully saturated rings. The van der Waals surface area contributed by atoms with E-state index in [0.717, 1.165) is 0 Å². The summed E-state index contributed by atoms with van der Waals surface area (Å²) < 4.78 is 19.1. The summed E-state index contributed by atoms with van der Waals surface area (Å²) in [5.74, 6) is -0.375. The van der Waals surface area contributed by atoms with E-state index in [1.54, 1.807) is 25.4 Å². The topological polar surface area (TPSA) is 83.6 Å². The molecule has 0 bridgehead atoms. The Balaban J connectivity index is 1.93. The number of carbonyl (C=O) groups excluding carboxylic acids is 2. The Morgan fingerprint density at radius 1 is 1.24 bits per heavy atom. The lowest BCUT2D eigenvalue weighted by molar-refractivity contribution is -0.127. The first-order chi connectivity index (χ1) is 11.9. The van der Waals surface area contributed by atoms with Gasteiger partial charge in [-0.25, -0.2) is 9.18 Å². The molecule has 0 atom stereocenters. The van der Waals surface area contributed by atoms with Gasteiger partial charge in [0, 0.05) is 38.0 Å². The predicted molar refractivity (Wildman–Crippen MR) is 92.1 cm³/mol. The number of amides is 3. The number of hydrogen-bond donors (Lipinski definition) is 2. The summed E-state index contributed by atoms with van der Waals surface area (Å²) in [5, 5.41) is 5.11. The molecular weight excluding hydrogens is 327 g/mol. The van der Waals surface area contributed by atoms with E-state index in [2.05, 4.69) is 15.6 Å². The minimum absolute atomic E-state index is 0.0859. The second-order valence-electron chi connectivity index (χ2n) is 5.29. The van der Waals surface area contributed by atoms with Crippen LogP contribution in [-0.4, -0.2) is 42.0 Å². The molecule has 0 aliphatic carbocycles. The Labute approximate surface area is 144 Å². The number of benzene rings is 1. The van der Waals surface area contributed by atoms with Gasteiger partial charge in [0.1, 0.15) is 18.2 Å². The van der Waals surface area contributed by atoms with Crippen molar-refractivity contribution in [2.24, 2.45) is 0 Å². The van der Waals surface area contributed by atoms with Crippen molar-refractivity contribution in [3.8, 4) is 5.75 Å². The first kappa shape index (κ1) is 18.2. The fourth-order valence-corrected chi connectivity index (χ4v) is 1.91. The number of rotatable bonds is 6. The standard InChI is InChI=1S/C17H19FN4O3/c1-12(23)22(2)6-7-25-16-9-13(18)8-15(10-16)21-17(24)20-14-4-3-5-19-11-14/h3-5,8-11H,6-7H2,1-2H3,(H2,20,21,24). The van der Waals surface area contributed by atoms with E-state index in [4.69, 9.17) is 4.74 Å². The van der Waals surface area contributed by atoms with Crippen LogP contribution in [-0.2, 0) is 4.79 Å². The lowest BCUT2D eigenvalue weighted by Crippen LogP contribution is -2.28. The molecule has 132 valence electrons. The summed E-state index contributed by atoms with van der Waals surface area (Å²) in [6.45, 7) is 2.03. The second kappa shape index (κ2) is 8.62. The van der Waals surface area contributed by atoms with E-state index in [1.165, 1.54) is 36.2 Å². The number of halogens is 1. The SMILES string of the molecule is CC(=O)N(C)CCOc1cc(F)cc(NC(=O)Nc2cccnc2)c1. The Morgan fingerprint density at radius 2 is 2.00 bits per heavy atom. The Morgan fingerprint density at radius 3 is 2.68 bits per heavy atom. The normalized spacial score (nSPS) is 10.0. The molecule has 0 saturated carbocycles. The smallest absolute Gasteiger partial charge is 0.323 e. The molecule has 1 aromatic carbocycles. The molecule has 1 heterocycles. The number of pyridine rings is 1. The average Bonchev–Trinajstić information content (AvgIpc) is 2.54. The lowest BCUT2D eigenvalue weighted by Gasteiger charge is -2.15. The average molecular weight is 346 g/mol. The number of anilines is 2.